The highest BCUT2D eigenvalue weighted by molar-refractivity contribution is 5.88. The Bertz CT molecular complexity index is 804. The standard InChI is InChI=1S/C22H28FN3O2/c1-4-12-25-22(27)19-14-18(8-6-5-7-16(2)15-26-19)21(23)17-9-10-20(28-3)24-13-11-17/h5-11,14-15,21-22,25,27H,4,12-13H2,1-3H3. The summed E-state index contributed by atoms with van der Waals surface area (Å²) in [6.45, 7) is 4.89. The summed E-state index contributed by atoms with van der Waals surface area (Å²) in [6.07, 6.45) is 5.19. The SMILES string of the molecule is CCCNC(O)c1cc(C(F)C2=CCN=C(OC)C=C2)ccccc(C)cn1. The lowest BCUT2D eigenvalue weighted by Crippen LogP contribution is -2.22. The number of aryl methyl sites for hydroxylation is 1. The molecular weight excluding hydrogens is 357 g/mol. The van der Waals surface area contributed by atoms with Crippen LogP contribution in [0.25, 0.3) is 0 Å². The Morgan fingerprint density at radius 2 is 2.07 bits per heavy atom. The van der Waals surface area contributed by atoms with Crippen LogP contribution in [0.4, 0.5) is 4.39 Å². The number of nitrogens with zero attached hydrogens (tertiary/aromatic N) is 2. The largest absolute Gasteiger partial charge is 0.481 e. The van der Waals surface area contributed by atoms with Crippen molar-refractivity contribution < 1.29 is 14.2 Å². The lowest BCUT2D eigenvalue weighted by molar-refractivity contribution is 0.135. The Kier molecular flexibility index (Phi) is 8.78. The van der Waals surface area contributed by atoms with Crippen molar-refractivity contribution in [1.29, 1.82) is 0 Å². The van der Waals surface area contributed by atoms with Gasteiger partial charge in [-0.15, -0.1) is 0 Å². The van der Waals surface area contributed by atoms with Gasteiger partial charge in [0, 0.05) is 12.3 Å². The second-order valence-electron chi connectivity index (χ2n) is 6.43. The van der Waals surface area contributed by atoms with Crippen LogP contribution in [0, 0.1) is 6.92 Å². The summed E-state index contributed by atoms with van der Waals surface area (Å²) < 4.78 is 20.5. The van der Waals surface area contributed by atoms with E-state index in [1.165, 1.54) is 7.11 Å². The van der Waals surface area contributed by atoms with Crippen molar-refractivity contribution in [3.63, 3.8) is 0 Å². The van der Waals surface area contributed by atoms with Gasteiger partial charge < -0.3 is 9.84 Å². The van der Waals surface area contributed by atoms with Gasteiger partial charge in [0.15, 0.2) is 6.17 Å². The molecule has 1 aromatic heterocycles. The van der Waals surface area contributed by atoms with E-state index in [2.05, 4.69) is 15.3 Å². The monoisotopic (exact) mass is 385 g/mol. The lowest BCUT2D eigenvalue weighted by Gasteiger charge is -2.13. The molecule has 2 rings (SSSR count). The molecule has 1 aromatic rings. The first-order valence-electron chi connectivity index (χ1n) is 9.38. The smallest absolute Gasteiger partial charge is 0.208 e. The molecule has 0 aromatic carbocycles. The molecule has 2 heterocycles. The number of aliphatic imine (C=N–C) groups is 1. The minimum Gasteiger partial charge on any atom is -0.481 e. The molecule has 5 nitrogen and oxygen atoms in total. The molecule has 2 atom stereocenters. The summed E-state index contributed by atoms with van der Waals surface area (Å²) in [5, 5.41) is 13.4. The van der Waals surface area contributed by atoms with Gasteiger partial charge in [0.25, 0.3) is 0 Å². The Morgan fingerprint density at radius 1 is 1.29 bits per heavy atom. The van der Waals surface area contributed by atoms with E-state index in [4.69, 9.17) is 4.74 Å². The molecule has 1 aliphatic heterocycles. The highest BCUT2D eigenvalue weighted by Gasteiger charge is 2.16. The lowest BCUT2D eigenvalue weighted by atomic mass is 10.0. The van der Waals surface area contributed by atoms with Crippen molar-refractivity contribution in [3.8, 4) is 0 Å². The first kappa shape index (κ1) is 21.7. The number of nitrogens with one attached hydrogen (secondary N) is 1. The molecule has 150 valence electrons. The number of ether oxygens (including phenoxy) is 1. The van der Waals surface area contributed by atoms with E-state index in [0.717, 1.165) is 12.0 Å². The van der Waals surface area contributed by atoms with Crippen LogP contribution in [-0.4, -0.2) is 36.2 Å². The number of alkyl halides is 1. The number of rotatable bonds is 6. The molecule has 0 saturated carbocycles. The summed E-state index contributed by atoms with van der Waals surface area (Å²) in [7, 11) is 1.53. The Labute approximate surface area is 166 Å². The molecule has 2 N–H and O–H groups in total. The molecule has 0 saturated heterocycles. The second-order valence-corrected chi connectivity index (χ2v) is 6.43. The number of hydrogen-bond donors (Lipinski definition) is 2. The highest BCUT2D eigenvalue weighted by atomic mass is 19.1. The van der Waals surface area contributed by atoms with E-state index in [-0.39, 0.29) is 0 Å². The third-order valence-electron chi connectivity index (χ3n) is 4.15. The van der Waals surface area contributed by atoms with Crippen LogP contribution in [0.15, 0.2) is 65.3 Å². The molecule has 6 heteroatoms. The Hall–Kier alpha value is -2.57. The topological polar surface area (TPSA) is 66.7 Å². The molecule has 0 amide bonds. The van der Waals surface area contributed by atoms with Crippen LogP contribution in [-0.2, 0) is 4.74 Å². The van der Waals surface area contributed by atoms with Gasteiger partial charge in [-0.05, 0) is 42.7 Å². The summed E-state index contributed by atoms with van der Waals surface area (Å²) in [4.78, 5) is 8.57. The number of aromatic nitrogens is 1. The molecule has 0 fully saturated rings. The maximum absolute atomic E-state index is 15.4. The molecule has 0 aliphatic carbocycles. The number of aliphatic hydroxyl groups excluding tert-OH is 1. The van der Waals surface area contributed by atoms with E-state index in [1.54, 1.807) is 42.6 Å². The van der Waals surface area contributed by atoms with Crippen LogP contribution in [0.2, 0.25) is 0 Å². The first-order chi connectivity index (χ1) is 13.5. The van der Waals surface area contributed by atoms with Crippen molar-refractivity contribution in [2.24, 2.45) is 4.99 Å². The van der Waals surface area contributed by atoms with Crippen LogP contribution in [0.1, 0.15) is 42.6 Å². The molecular formula is C22H28FN3O2. The predicted octanol–water partition coefficient (Wildman–Crippen LogP) is 4.06. The number of methoxy groups -OCH3 is 1. The first-order valence-corrected chi connectivity index (χ1v) is 9.38. The fourth-order valence-electron chi connectivity index (χ4n) is 2.58. The average Bonchev–Trinajstić information content (AvgIpc) is 2.96. The second kappa shape index (κ2) is 11.3. The van der Waals surface area contributed by atoms with Gasteiger partial charge in [-0.25, -0.2) is 9.38 Å². The predicted molar refractivity (Wildman–Crippen MR) is 110 cm³/mol. The summed E-state index contributed by atoms with van der Waals surface area (Å²) in [5.74, 6) is 0.457. The molecule has 2 unspecified atom stereocenters. The van der Waals surface area contributed by atoms with Crippen LogP contribution < -0.4 is 5.32 Å². The quantitative estimate of drug-likeness (QED) is 0.725. The summed E-state index contributed by atoms with van der Waals surface area (Å²) in [6, 6.07) is 8.78. The fraction of sp³-hybridized carbons (Fsp3) is 0.364. The number of hydrogen-bond acceptors (Lipinski definition) is 5. The van der Waals surface area contributed by atoms with E-state index in [1.807, 2.05) is 26.0 Å². The van der Waals surface area contributed by atoms with Crippen molar-refractivity contribution in [2.75, 3.05) is 20.2 Å². The van der Waals surface area contributed by atoms with Gasteiger partial charge in [-0.3, -0.25) is 10.3 Å². The van der Waals surface area contributed by atoms with E-state index >= 15 is 4.39 Å². The van der Waals surface area contributed by atoms with Crippen LogP contribution in [0.5, 0.6) is 0 Å². The normalized spacial score (nSPS) is 15.6. The Balaban J connectivity index is 2.45. The molecule has 0 bridgehead atoms. The van der Waals surface area contributed by atoms with Crippen molar-refractivity contribution in [3.05, 3.63) is 77.2 Å². The third-order valence-corrected chi connectivity index (χ3v) is 4.15. The fourth-order valence-corrected chi connectivity index (χ4v) is 2.58. The van der Waals surface area contributed by atoms with Gasteiger partial charge in [0.1, 0.15) is 6.23 Å². The van der Waals surface area contributed by atoms with Gasteiger partial charge in [0.05, 0.1) is 19.3 Å². The molecule has 28 heavy (non-hydrogen) atoms. The Morgan fingerprint density at radius 3 is 2.82 bits per heavy atom. The van der Waals surface area contributed by atoms with Crippen LogP contribution >= 0.6 is 0 Å². The minimum absolute atomic E-state index is 0.340. The third kappa shape index (κ3) is 6.55. The highest BCUT2D eigenvalue weighted by Crippen LogP contribution is 2.28. The van der Waals surface area contributed by atoms with Gasteiger partial charge in [-0.1, -0.05) is 43.3 Å². The van der Waals surface area contributed by atoms with Crippen molar-refractivity contribution in [2.45, 2.75) is 32.7 Å². The van der Waals surface area contributed by atoms with E-state index < -0.39 is 12.4 Å². The van der Waals surface area contributed by atoms with E-state index in [0.29, 0.717) is 35.8 Å². The maximum Gasteiger partial charge on any atom is 0.208 e. The average molecular weight is 385 g/mol. The number of allylic oxidation sites excluding steroid dienone is 2. The molecule has 1 aliphatic rings. The van der Waals surface area contributed by atoms with Gasteiger partial charge >= 0.3 is 0 Å². The zero-order valence-corrected chi connectivity index (χ0v) is 16.6. The zero-order chi connectivity index (χ0) is 20.4. The van der Waals surface area contributed by atoms with Crippen molar-refractivity contribution >= 4 is 5.90 Å². The van der Waals surface area contributed by atoms with E-state index in [9.17, 15) is 5.11 Å². The maximum atomic E-state index is 15.4. The summed E-state index contributed by atoms with van der Waals surface area (Å²) >= 11 is 0. The number of aliphatic hydroxyl groups is 1. The van der Waals surface area contributed by atoms with Gasteiger partial charge in [0.2, 0.25) is 5.90 Å². The van der Waals surface area contributed by atoms with Crippen LogP contribution in [0.3, 0.4) is 0 Å². The number of halogens is 1. The molecule has 0 radical (unpaired) electrons. The van der Waals surface area contributed by atoms with Gasteiger partial charge in [-0.2, -0.15) is 0 Å². The minimum atomic E-state index is -1.39. The zero-order valence-electron chi connectivity index (χ0n) is 16.6. The summed E-state index contributed by atoms with van der Waals surface area (Å²) in [5.41, 5.74) is 2.16. The molecule has 0 spiro atoms. The van der Waals surface area contributed by atoms with Crippen molar-refractivity contribution in [1.82, 2.24) is 10.3 Å².